The van der Waals surface area contributed by atoms with Crippen LogP contribution in [0.3, 0.4) is 0 Å². The molecule has 1 aliphatic carbocycles. The molecule has 4 aliphatic rings. The molecule has 4 heterocycles. The van der Waals surface area contributed by atoms with Gasteiger partial charge >= 0.3 is 18.0 Å². The Hall–Kier alpha value is -4.22. The number of urea groups is 1. The number of para-hydroxylation sites is 2. The van der Waals surface area contributed by atoms with E-state index in [0.29, 0.717) is 35.0 Å². The number of azide groups is 1. The first-order valence-electron chi connectivity index (χ1n) is 17.4. The predicted octanol–water partition coefficient (Wildman–Crippen LogP) is 6.41. The largest absolute Gasteiger partial charge is 0.459 e. The second kappa shape index (κ2) is 13.6. The number of benzene rings is 2. The molecule has 13 heteroatoms. The summed E-state index contributed by atoms with van der Waals surface area (Å²) in [5.41, 5.74) is 12.1. The van der Waals surface area contributed by atoms with Crippen molar-refractivity contribution in [3.63, 3.8) is 0 Å². The topological polar surface area (TPSA) is 143 Å². The number of aryl methyl sites for hydroxylation is 1. The number of imidazole rings is 1. The molecule has 12 nitrogen and oxygen atoms in total. The fourth-order valence-electron chi connectivity index (χ4n) is 8.54. The number of nitrogens with zero attached hydrogens (tertiary/aromatic N) is 6. The second-order valence-corrected chi connectivity index (χ2v) is 15.6. The maximum absolute atomic E-state index is 13.6. The van der Waals surface area contributed by atoms with Crippen molar-refractivity contribution in [3.05, 3.63) is 52.9 Å². The van der Waals surface area contributed by atoms with Crippen LogP contribution in [0.2, 0.25) is 0 Å². The molecule has 3 saturated heterocycles. The van der Waals surface area contributed by atoms with Gasteiger partial charge in [-0.2, -0.15) is 11.8 Å². The van der Waals surface area contributed by atoms with Crippen LogP contribution in [0.15, 0.2) is 47.6 Å². The van der Waals surface area contributed by atoms with Gasteiger partial charge in [0.1, 0.15) is 11.9 Å². The zero-order valence-electron chi connectivity index (χ0n) is 28.4. The van der Waals surface area contributed by atoms with Crippen molar-refractivity contribution >= 4 is 46.5 Å². The number of carbonyl (C=O) groups excluding carboxylic acids is 3. The molecular formula is C36H44N7O5S+. The van der Waals surface area contributed by atoms with Gasteiger partial charge in [-0.05, 0) is 79.3 Å². The minimum atomic E-state index is -0.431. The van der Waals surface area contributed by atoms with Crippen LogP contribution in [0.4, 0.5) is 10.5 Å². The number of thioether (sulfide) groups is 1. The molecule has 1 saturated carbocycles. The van der Waals surface area contributed by atoms with E-state index < -0.39 is 5.97 Å². The number of aromatic nitrogens is 2. The number of esters is 2. The minimum Gasteiger partial charge on any atom is -0.459 e. The summed E-state index contributed by atoms with van der Waals surface area (Å²) >= 11 is 1.90. The zero-order valence-corrected chi connectivity index (χ0v) is 29.3. The molecule has 3 aliphatic heterocycles. The van der Waals surface area contributed by atoms with Crippen LogP contribution >= 0.6 is 11.8 Å². The van der Waals surface area contributed by atoms with Crippen LogP contribution in [0.5, 0.6) is 5.75 Å². The first kappa shape index (κ1) is 33.3. The second-order valence-electron chi connectivity index (χ2n) is 14.4. The van der Waals surface area contributed by atoms with Gasteiger partial charge in [-0.25, -0.2) is 18.7 Å². The summed E-state index contributed by atoms with van der Waals surface area (Å²) in [6.45, 7) is 6.63. The van der Waals surface area contributed by atoms with E-state index in [1.165, 1.54) is 0 Å². The highest BCUT2D eigenvalue weighted by molar-refractivity contribution is 8.00. The van der Waals surface area contributed by atoms with E-state index >= 15 is 0 Å². The number of hydrogen-bond donors (Lipinski definition) is 1. The van der Waals surface area contributed by atoms with Gasteiger partial charge < -0.3 is 19.7 Å². The summed E-state index contributed by atoms with van der Waals surface area (Å²) < 4.78 is 15.8. The Bertz CT molecular complexity index is 1840. The molecule has 49 heavy (non-hydrogen) atoms. The molecule has 0 spiro atoms. The van der Waals surface area contributed by atoms with E-state index in [4.69, 9.17) is 9.47 Å². The predicted molar refractivity (Wildman–Crippen MR) is 186 cm³/mol. The smallest absolute Gasteiger partial charge is 0.348 e. The lowest BCUT2D eigenvalue weighted by Crippen LogP contribution is -2.64. The molecule has 0 radical (unpaired) electrons. The van der Waals surface area contributed by atoms with E-state index in [2.05, 4.69) is 36.1 Å². The monoisotopic (exact) mass is 686 g/mol. The third kappa shape index (κ3) is 6.23. The summed E-state index contributed by atoms with van der Waals surface area (Å²) in [6, 6.07) is 13.6. The van der Waals surface area contributed by atoms with Crippen molar-refractivity contribution in [3.8, 4) is 17.1 Å². The standard InChI is InChI=1S/C36H43N7O5S/c1-20(2)23-14-12-21(3)16-30(23)48-32(45)18-42-27-9-6-5-8-26(27)41(4)35(42)22-13-15-29(24(17-22)39-40-37)47-31(44)11-7-10-28-34-33-25(19-49-34)38-36(46)43(28)33/h5-6,8-9,13,15,17,20-21,23,25,28,30,33-34H,7,10-12,14,16,18-19H2,1-4H3/p+1/t21-,23+,25+,28?,30-,33+,34+/m1/s1. The lowest BCUT2D eigenvalue weighted by molar-refractivity contribution is -0.634. The van der Waals surface area contributed by atoms with Crippen LogP contribution in [-0.2, 0) is 27.9 Å². The van der Waals surface area contributed by atoms with E-state index in [1.54, 1.807) is 18.2 Å². The van der Waals surface area contributed by atoms with Crippen LogP contribution in [0, 0.1) is 17.8 Å². The maximum Gasteiger partial charge on any atom is 0.348 e. The number of hydrogen-bond acceptors (Lipinski definition) is 7. The lowest BCUT2D eigenvalue weighted by atomic mass is 9.75. The Kier molecular flexibility index (Phi) is 9.23. The van der Waals surface area contributed by atoms with E-state index in [0.717, 1.165) is 48.3 Å². The van der Waals surface area contributed by atoms with Gasteiger partial charge in [-0.1, -0.05) is 44.4 Å². The van der Waals surface area contributed by atoms with Crippen molar-refractivity contribution in [1.29, 1.82) is 0 Å². The SMILES string of the molecule is CC(C)[C@@H]1CC[C@@H](C)C[C@H]1OC(=O)Cn1c(-c2ccc(OC(=O)CCCC3[C@@H]4SC[C@@H]5NC(=O)N3[C@@H]54)c(N=[N+]=[N-])c2)[n+](C)c2ccccc21. The molecule has 1 N–H and O–H groups in total. The van der Waals surface area contributed by atoms with E-state index in [9.17, 15) is 19.9 Å². The third-order valence-electron chi connectivity index (χ3n) is 10.9. The zero-order chi connectivity index (χ0) is 34.4. The number of fused-ring (bicyclic) bond motifs is 1. The fourth-order valence-corrected chi connectivity index (χ4v) is 10.3. The summed E-state index contributed by atoms with van der Waals surface area (Å²) in [5.74, 6) is 2.38. The van der Waals surface area contributed by atoms with Crippen LogP contribution in [0.1, 0.15) is 59.3 Å². The number of nitrogens with one attached hydrogen (secondary N) is 1. The maximum atomic E-state index is 13.6. The van der Waals surface area contributed by atoms with Crippen LogP contribution < -0.4 is 14.6 Å². The van der Waals surface area contributed by atoms with Gasteiger partial charge in [0.25, 0.3) is 5.82 Å². The Morgan fingerprint density at radius 1 is 1.18 bits per heavy atom. The van der Waals surface area contributed by atoms with Crippen molar-refractivity contribution in [2.45, 2.75) is 95.3 Å². The Labute approximate surface area is 290 Å². The molecule has 258 valence electrons. The van der Waals surface area contributed by atoms with Gasteiger partial charge in [-0.15, -0.1) is 0 Å². The number of amides is 2. The fraction of sp³-hybridized carbons (Fsp3) is 0.556. The van der Waals surface area contributed by atoms with Gasteiger partial charge in [-0.3, -0.25) is 4.79 Å². The van der Waals surface area contributed by atoms with Crippen LogP contribution in [-0.4, -0.2) is 62.7 Å². The molecule has 1 unspecified atom stereocenters. The highest BCUT2D eigenvalue weighted by Gasteiger charge is 2.62. The van der Waals surface area contributed by atoms with Crippen molar-refractivity contribution < 1.29 is 28.4 Å². The molecule has 0 bridgehead atoms. The lowest BCUT2D eigenvalue weighted by Gasteiger charge is -2.48. The average molecular weight is 687 g/mol. The van der Waals surface area contributed by atoms with Crippen molar-refractivity contribution in [2.24, 2.45) is 29.9 Å². The molecule has 3 aromatic rings. The van der Waals surface area contributed by atoms with E-state index in [1.807, 2.05) is 57.1 Å². The van der Waals surface area contributed by atoms with E-state index in [-0.39, 0.29) is 60.6 Å². The summed E-state index contributed by atoms with van der Waals surface area (Å²) in [5, 5.41) is 7.36. The minimum absolute atomic E-state index is 0.00109. The summed E-state index contributed by atoms with van der Waals surface area (Å²) in [7, 11) is 1.93. The number of ether oxygens (including phenoxy) is 2. The first-order chi connectivity index (χ1) is 23.6. The third-order valence-corrected chi connectivity index (χ3v) is 12.5. The molecule has 2 aromatic carbocycles. The van der Waals surface area contributed by atoms with Gasteiger partial charge in [0, 0.05) is 28.4 Å². The molecular weight excluding hydrogens is 643 g/mol. The first-order valence-corrected chi connectivity index (χ1v) is 18.5. The van der Waals surface area contributed by atoms with Gasteiger partial charge in [0.15, 0.2) is 17.6 Å². The highest BCUT2D eigenvalue weighted by atomic mass is 32.2. The summed E-state index contributed by atoms with van der Waals surface area (Å²) in [6.07, 6.45) is 4.46. The molecule has 4 fully saturated rings. The van der Waals surface area contributed by atoms with Crippen LogP contribution in [0.25, 0.3) is 32.9 Å². The highest BCUT2D eigenvalue weighted by Crippen LogP contribution is 2.48. The van der Waals surface area contributed by atoms with Gasteiger partial charge in [0.05, 0.1) is 30.4 Å². The quantitative estimate of drug-likeness (QED) is 0.0470. The number of rotatable bonds is 11. The number of carbonyl (C=O) groups is 3. The normalized spacial score (nSPS) is 27.0. The summed E-state index contributed by atoms with van der Waals surface area (Å²) in [4.78, 5) is 43.8. The van der Waals surface area contributed by atoms with Gasteiger partial charge in [0.2, 0.25) is 0 Å². The molecule has 2 amide bonds. The molecule has 1 aromatic heterocycles. The average Bonchev–Trinajstić information content (AvgIpc) is 3.64. The molecule has 7 atom stereocenters. The van der Waals surface area contributed by atoms with Crippen molar-refractivity contribution in [1.82, 2.24) is 14.8 Å². The molecule has 7 rings (SSSR count). The Balaban J connectivity index is 1.08. The Morgan fingerprint density at radius 3 is 2.80 bits per heavy atom. The van der Waals surface area contributed by atoms with Crippen molar-refractivity contribution in [2.75, 3.05) is 5.75 Å². The Morgan fingerprint density at radius 2 is 2.00 bits per heavy atom.